The molecule has 0 aliphatic rings. The number of nitrogens with one attached hydrogen (secondary N) is 2. The predicted octanol–water partition coefficient (Wildman–Crippen LogP) is 4.50. The summed E-state index contributed by atoms with van der Waals surface area (Å²) in [4.78, 5) is 0. The molecule has 0 fully saturated rings. The number of rotatable bonds is 3. The lowest BCUT2D eigenvalue weighted by atomic mass is 10.2. The lowest BCUT2D eigenvalue weighted by Crippen LogP contribution is -1.92. The van der Waals surface area contributed by atoms with Crippen molar-refractivity contribution < 1.29 is 0 Å². The monoisotopic (exact) mass is 228 g/mol. The molecule has 2 nitrogen and oxygen atoms in total. The molecule has 0 aliphatic carbocycles. The second-order valence-corrected chi connectivity index (χ2v) is 3.32. The van der Waals surface area contributed by atoms with Crippen LogP contribution in [0.4, 0.5) is 17.1 Å². The van der Waals surface area contributed by atoms with Gasteiger partial charge in [-0.05, 0) is 30.3 Å². The highest BCUT2D eigenvalue weighted by Crippen LogP contribution is 2.19. The third-order valence-electron chi connectivity index (χ3n) is 2.21. The smallest absolute Gasteiger partial charge is 0.0404 e. The molecule has 90 valence electrons. The molecule has 0 amide bonds. The average molecular weight is 228 g/mol. The Morgan fingerprint density at radius 1 is 0.706 bits per heavy atom. The molecular formula is C15H20N2. The molecule has 0 saturated heterocycles. The number of hydrogen-bond donors (Lipinski definition) is 2. The molecule has 0 heterocycles. The van der Waals surface area contributed by atoms with Gasteiger partial charge in [0.1, 0.15) is 0 Å². The highest BCUT2D eigenvalue weighted by molar-refractivity contribution is 5.64. The Bertz CT molecular complexity index is 424. The number of hydrogen-bond acceptors (Lipinski definition) is 2. The molecule has 0 aromatic heterocycles. The maximum absolute atomic E-state index is 3.34. The zero-order valence-corrected chi connectivity index (χ0v) is 10.7. The fourth-order valence-electron chi connectivity index (χ4n) is 1.44. The van der Waals surface area contributed by atoms with E-state index in [2.05, 4.69) is 16.7 Å². The standard InChI is InChI=1S/C13H14N2.C2H6/c1-14-12-8-5-9-13(10-12)15-11-6-3-2-4-7-11;1-2/h2-10,14-15H,1H3;1-2H3. The van der Waals surface area contributed by atoms with E-state index in [4.69, 9.17) is 0 Å². The van der Waals surface area contributed by atoms with Crippen LogP contribution in [-0.4, -0.2) is 7.05 Å². The SMILES string of the molecule is CC.CNc1cccc(Nc2ccccc2)c1. The highest BCUT2D eigenvalue weighted by atomic mass is 14.9. The Balaban J connectivity index is 0.000000686. The quantitative estimate of drug-likeness (QED) is 0.808. The van der Waals surface area contributed by atoms with Gasteiger partial charge >= 0.3 is 0 Å². The van der Waals surface area contributed by atoms with E-state index in [-0.39, 0.29) is 0 Å². The van der Waals surface area contributed by atoms with E-state index in [9.17, 15) is 0 Å². The normalized spacial score (nSPS) is 8.88. The van der Waals surface area contributed by atoms with Crippen LogP contribution < -0.4 is 10.6 Å². The molecule has 0 aliphatic heterocycles. The lowest BCUT2D eigenvalue weighted by molar-refractivity contribution is 1.49. The molecular weight excluding hydrogens is 208 g/mol. The first-order valence-electron chi connectivity index (χ1n) is 5.98. The molecule has 2 aromatic carbocycles. The van der Waals surface area contributed by atoms with Gasteiger partial charge in [0.2, 0.25) is 0 Å². The summed E-state index contributed by atoms with van der Waals surface area (Å²) in [7, 11) is 1.92. The lowest BCUT2D eigenvalue weighted by Gasteiger charge is -2.07. The third-order valence-corrected chi connectivity index (χ3v) is 2.21. The van der Waals surface area contributed by atoms with E-state index in [1.54, 1.807) is 0 Å². The van der Waals surface area contributed by atoms with Gasteiger partial charge in [-0.15, -0.1) is 0 Å². The summed E-state index contributed by atoms with van der Waals surface area (Å²) < 4.78 is 0. The Morgan fingerprint density at radius 2 is 1.29 bits per heavy atom. The van der Waals surface area contributed by atoms with Crippen molar-refractivity contribution >= 4 is 17.1 Å². The fourth-order valence-corrected chi connectivity index (χ4v) is 1.44. The molecule has 0 bridgehead atoms. The molecule has 2 heteroatoms. The van der Waals surface area contributed by atoms with E-state index in [0.717, 1.165) is 17.1 Å². The minimum Gasteiger partial charge on any atom is -0.388 e. The van der Waals surface area contributed by atoms with E-state index < -0.39 is 0 Å². The summed E-state index contributed by atoms with van der Waals surface area (Å²) in [5.74, 6) is 0. The molecule has 0 unspecified atom stereocenters. The molecule has 0 atom stereocenters. The van der Waals surface area contributed by atoms with Gasteiger partial charge in [-0.25, -0.2) is 0 Å². The van der Waals surface area contributed by atoms with Crippen molar-refractivity contribution in [2.45, 2.75) is 13.8 Å². The molecule has 0 saturated carbocycles. The van der Waals surface area contributed by atoms with Gasteiger partial charge in [0.25, 0.3) is 0 Å². The summed E-state index contributed by atoms with van der Waals surface area (Å²) in [5.41, 5.74) is 3.30. The minimum atomic E-state index is 1.09. The summed E-state index contributed by atoms with van der Waals surface area (Å²) in [6.45, 7) is 4.00. The van der Waals surface area contributed by atoms with Crippen molar-refractivity contribution in [2.24, 2.45) is 0 Å². The minimum absolute atomic E-state index is 1.09. The van der Waals surface area contributed by atoms with Crippen molar-refractivity contribution in [3.8, 4) is 0 Å². The van der Waals surface area contributed by atoms with Crippen LogP contribution in [0.2, 0.25) is 0 Å². The van der Waals surface area contributed by atoms with Crippen molar-refractivity contribution in [1.29, 1.82) is 0 Å². The van der Waals surface area contributed by atoms with Crippen LogP contribution in [0.5, 0.6) is 0 Å². The predicted molar refractivity (Wildman–Crippen MR) is 77.1 cm³/mol. The molecule has 2 rings (SSSR count). The van der Waals surface area contributed by atoms with Crippen LogP contribution in [0.15, 0.2) is 54.6 Å². The summed E-state index contributed by atoms with van der Waals surface area (Å²) in [6.07, 6.45) is 0. The number of anilines is 3. The molecule has 0 radical (unpaired) electrons. The first kappa shape index (κ1) is 13.1. The Morgan fingerprint density at radius 3 is 1.94 bits per heavy atom. The Kier molecular flexibility index (Phi) is 5.66. The molecule has 2 aromatic rings. The van der Waals surface area contributed by atoms with Crippen LogP contribution in [-0.2, 0) is 0 Å². The topological polar surface area (TPSA) is 24.1 Å². The number of benzene rings is 2. The fraction of sp³-hybridized carbons (Fsp3) is 0.200. The summed E-state index contributed by atoms with van der Waals surface area (Å²) >= 11 is 0. The van der Waals surface area contributed by atoms with E-state index in [1.807, 2.05) is 69.4 Å². The maximum Gasteiger partial charge on any atom is 0.0404 e. The molecule has 17 heavy (non-hydrogen) atoms. The average Bonchev–Trinajstić information content (AvgIpc) is 2.42. The second kappa shape index (κ2) is 7.34. The maximum atomic E-state index is 3.34. The van der Waals surface area contributed by atoms with E-state index in [1.165, 1.54) is 0 Å². The summed E-state index contributed by atoms with van der Waals surface area (Å²) in [6, 6.07) is 18.3. The van der Waals surface area contributed by atoms with E-state index >= 15 is 0 Å². The van der Waals surface area contributed by atoms with Gasteiger partial charge < -0.3 is 10.6 Å². The first-order valence-corrected chi connectivity index (χ1v) is 5.98. The van der Waals surface area contributed by atoms with Crippen molar-refractivity contribution in [1.82, 2.24) is 0 Å². The highest BCUT2D eigenvalue weighted by Gasteiger charge is 1.94. The van der Waals surface area contributed by atoms with Crippen molar-refractivity contribution in [2.75, 3.05) is 17.7 Å². The first-order chi connectivity index (χ1) is 8.38. The van der Waals surface area contributed by atoms with Crippen LogP contribution in [0, 0.1) is 0 Å². The Labute approximate surface area is 104 Å². The number of para-hydroxylation sites is 1. The zero-order valence-electron chi connectivity index (χ0n) is 10.7. The van der Waals surface area contributed by atoms with Gasteiger partial charge in [0, 0.05) is 24.1 Å². The molecule has 2 N–H and O–H groups in total. The zero-order chi connectivity index (χ0) is 12.5. The Hall–Kier alpha value is -1.96. The van der Waals surface area contributed by atoms with Gasteiger partial charge in [0.15, 0.2) is 0 Å². The van der Waals surface area contributed by atoms with Crippen LogP contribution >= 0.6 is 0 Å². The van der Waals surface area contributed by atoms with Gasteiger partial charge in [-0.3, -0.25) is 0 Å². The van der Waals surface area contributed by atoms with Crippen molar-refractivity contribution in [3.63, 3.8) is 0 Å². The summed E-state index contributed by atoms with van der Waals surface area (Å²) in [5, 5.41) is 6.45. The van der Waals surface area contributed by atoms with E-state index in [0.29, 0.717) is 0 Å². The molecule has 0 spiro atoms. The van der Waals surface area contributed by atoms with Crippen LogP contribution in [0.1, 0.15) is 13.8 Å². The van der Waals surface area contributed by atoms with Crippen LogP contribution in [0.3, 0.4) is 0 Å². The van der Waals surface area contributed by atoms with Crippen LogP contribution in [0.25, 0.3) is 0 Å². The van der Waals surface area contributed by atoms with Gasteiger partial charge in [-0.1, -0.05) is 38.1 Å². The second-order valence-electron chi connectivity index (χ2n) is 3.32. The van der Waals surface area contributed by atoms with Crippen molar-refractivity contribution in [3.05, 3.63) is 54.6 Å². The third kappa shape index (κ3) is 4.19. The largest absolute Gasteiger partial charge is 0.388 e. The van der Waals surface area contributed by atoms with Gasteiger partial charge in [0.05, 0.1) is 0 Å². The van der Waals surface area contributed by atoms with Gasteiger partial charge in [-0.2, -0.15) is 0 Å².